The summed E-state index contributed by atoms with van der Waals surface area (Å²) >= 11 is 0. The first kappa shape index (κ1) is 20.9. The Balaban J connectivity index is 1.53. The molecule has 0 aliphatic carbocycles. The Bertz CT molecular complexity index is 1110. The number of hydrogen-bond acceptors (Lipinski definition) is 3. The Morgan fingerprint density at radius 2 is 1.77 bits per heavy atom. The SMILES string of the molecule is CCc1ccccc1NC(=O)C1CCCN(C(=O)c2ccc(OC)c3ccccc23)C1. The van der Waals surface area contributed by atoms with Gasteiger partial charge in [-0.05, 0) is 48.4 Å². The van der Waals surface area contributed by atoms with E-state index in [1.807, 2.05) is 65.6 Å². The third kappa shape index (κ3) is 4.26. The van der Waals surface area contributed by atoms with Gasteiger partial charge in [-0.1, -0.05) is 49.4 Å². The summed E-state index contributed by atoms with van der Waals surface area (Å²) in [5.74, 6) is 0.480. The van der Waals surface area contributed by atoms with Gasteiger partial charge in [0.1, 0.15) is 5.75 Å². The standard InChI is InChI=1S/C26H28N2O3/c1-3-18-9-4-7-13-23(18)27-25(29)19-10-8-16-28(17-19)26(30)22-14-15-24(31-2)21-12-6-5-11-20(21)22/h4-7,9,11-15,19H,3,8,10,16-17H2,1-2H3,(H,27,29). The maximum absolute atomic E-state index is 13.4. The number of fused-ring (bicyclic) bond motifs is 1. The fraction of sp³-hybridized carbons (Fsp3) is 0.308. The van der Waals surface area contributed by atoms with E-state index in [4.69, 9.17) is 4.74 Å². The summed E-state index contributed by atoms with van der Waals surface area (Å²) in [7, 11) is 1.63. The molecule has 0 saturated carbocycles. The first-order chi connectivity index (χ1) is 15.1. The zero-order valence-electron chi connectivity index (χ0n) is 18.1. The maximum atomic E-state index is 13.4. The predicted octanol–water partition coefficient (Wildman–Crippen LogP) is 4.90. The molecule has 1 aliphatic rings. The van der Waals surface area contributed by atoms with Gasteiger partial charge in [-0.2, -0.15) is 0 Å². The Morgan fingerprint density at radius 3 is 2.55 bits per heavy atom. The van der Waals surface area contributed by atoms with Crippen LogP contribution >= 0.6 is 0 Å². The molecule has 1 N–H and O–H groups in total. The largest absolute Gasteiger partial charge is 0.496 e. The highest BCUT2D eigenvalue weighted by Crippen LogP contribution is 2.30. The summed E-state index contributed by atoms with van der Waals surface area (Å²) in [5.41, 5.74) is 2.62. The third-order valence-corrected chi connectivity index (χ3v) is 6.07. The van der Waals surface area contributed by atoms with Gasteiger partial charge >= 0.3 is 0 Å². The van der Waals surface area contributed by atoms with Crippen LogP contribution in [0.3, 0.4) is 0 Å². The molecule has 5 heteroatoms. The van der Waals surface area contributed by atoms with E-state index in [9.17, 15) is 9.59 Å². The highest BCUT2D eigenvalue weighted by Gasteiger charge is 2.30. The fourth-order valence-corrected chi connectivity index (χ4v) is 4.37. The Hall–Kier alpha value is -3.34. The van der Waals surface area contributed by atoms with E-state index < -0.39 is 0 Å². The predicted molar refractivity (Wildman–Crippen MR) is 124 cm³/mol. The summed E-state index contributed by atoms with van der Waals surface area (Å²) in [6.07, 6.45) is 2.46. The van der Waals surface area contributed by atoms with Gasteiger partial charge in [-0.25, -0.2) is 0 Å². The number of hydrogen-bond donors (Lipinski definition) is 1. The number of anilines is 1. The molecule has 1 heterocycles. The lowest BCUT2D eigenvalue weighted by Crippen LogP contribution is -2.43. The number of ether oxygens (including phenoxy) is 1. The summed E-state index contributed by atoms with van der Waals surface area (Å²) in [6, 6.07) is 19.3. The van der Waals surface area contributed by atoms with Crippen molar-refractivity contribution in [1.29, 1.82) is 0 Å². The molecule has 1 aliphatic heterocycles. The second kappa shape index (κ2) is 9.21. The van der Waals surface area contributed by atoms with Crippen LogP contribution in [-0.2, 0) is 11.2 Å². The summed E-state index contributed by atoms with van der Waals surface area (Å²) in [6.45, 7) is 3.17. The van der Waals surface area contributed by atoms with Crippen LogP contribution in [0.25, 0.3) is 10.8 Å². The van der Waals surface area contributed by atoms with Gasteiger partial charge in [0.25, 0.3) is 5.91 Å². The molecule has 0 spiro atoms. The average molecular weight is 417 g/mol. The number of benzene rings is 3. The summed E-state index contributed by atoms with van der Waals surface area (Å²) in [4.78, 5) is 28.2. The molecule has 3 aromatic rings. The van der Waals surface area contributed by atoms with E-state index in [1.165, 1.54) is 0 Å². The van der Waals surface area contributed by atoms with Crippen LogP contribution in [0.2, 0.25) is 0 Å². The van der Waals surface area contributed by atoms with Crippen molar-refractivity contribution >= 4 is 28.3 Å². The first-order valence-corrected chi connectivity index (χ1v) is 10.9. The molecule has 4 rings (SSSR count). The van der Waals surface area contributed by atoms with Crippen molar-refractivity contribution in [1.82, 2.24) is 4.90 Å². The highest BCUT2D eigenvalue weighted by molar-refractivity contribution is 6.08. The number of rotatable bonds is 5. The number of amides is 2. The van der Waals surface area contributed by atoms with Crippen molar-refractivity contribution < 1.29 is 14.3 Å². The van der Waals surface area contributed by atoms with E-state index in [1.54, 1.807) is 7.11 Å². The number of aryl methyl sites for hydroxylation is 1. The minimum absolute atomic E-state index is 0.0158. The van der Waals surface area contributed by atoms with E-state index in [0.29, 0.717) is 18.7 Å². The molecular formula is C26H28N2O3. The molecule has 31 heavy (non-hydrogen) atoms. The highest BCUT2D eigenvalue weighted by atomic mass is 16.5. The van der Waals surface area contributed by atoms with Crippen LogP contribution in [0.1, 0.15) is 35.7 Å². The molecule has 1 saturated heterocycles. The van der Waals surface area contributed by atoms with E-state index >= 15 is 0 Å². The molecule has 1 atom stereocenters. The average Bonchev–Trinajstić information content (AvgIpc) is 2.83. The van der Waals surface area contributed by atoms with Gasteiger partial charge in [0.2, 0.25) is 5.91 Å². The molecule has 1 unspecified atom stereocenters. The lowest BCUT2D eigenvalue weighted by molar-refractivity contribution is -0.121. The number of nitrogens with zero attached hydrogens (tertiary/aromatic N) is 1. The zero-order chi connectivity index (χ0) is 21.8. The third-order valence-electron chi connectivity index (χ3n) is 6.07. The quantitative estimate of drug-likeness (QED) is 0.643. The van der Waals surface area contributed by atoms with Crippen LogP contribution in [0, 0.1) is 5.92 Å². The van der Waals surface area contributed by atoms with Crippen molar-refractivity contribution in [3.63, 3.8) is 0 Å². The van der Waals surface area contributed by atoms with Crippen molar-refractivity contribution in [2.24, 2.45) is 5.92 Å². The Morgan fingerprint density at radius 1 is 1.03 bits per heavy atom. The number of piperidine rings is 1. The Labute approximate surface area is 183 Å². The van der Waals surface area contributed by atoms with Crippen molar-refractivity contribution in [2.45, 2.75) is 26.2 Å². The molecular weight excluding hydrogens is 388 g/mol. The molecule has 2 amide bonds. The molecule has 160 valence electrons. The van der Waals surface area contributed by atoms with Gasteiger partial charge in [-0.3, -0.25) is 9.59 Å². The Kier molecular flexibility index (Phi) is 6.21. The van der Waals surface area contributed by atoms with Crippen molar-refractivity contribution in [3.8, 4) is 5.75 Å². The molecule has 0 aromatic heterocycles. The van der Waals surface area contributed by atoms with Crippen LogP contribution in [0.15, 0.2) is 60.7 Å². The van der Waals surface area contributed by atoms with Gasteiger partial charge in [-0.15, -0.1) is 0 Å². The van der Waals surface area contributed by atoms with E-state index in [-0.39, 0.29) is 17.7 Å². The number of nitrogens with one attached hydrogen (secondary N) is 1. The van der Waals surface area contributed by atoms with Crippen molar-refractivity contribution in [2.75, 3.05) is 25.5 Å². The van der Waals surface area contributed by atoms with E-state index in [0.717, 1.165) is 47.0 Å². The lowest BCUT2D eigenvalue weighted by Gasteiger charge is -2.32. The van der Waals surface area contributed by atoms with E-state index in [2.05, 4.69) is 12.2 Å². The van der Waals surface area contributed by atoms with Gasteiger partial charge in [0.05, 0.1) is 13.0 Å². The number of para-hydroxylation sites is 1. The summed E-state index contributed by atoms with van der Waals surface area (Å²) in [5, 5.41) is 4.87. The number of carbonyl (C=O) groups is 2. The topological polar surface area (TPSA) is 58.6 Å². The number of likely N-dealkylation sites (tertiary alicyclic amines) is 1. The normalized spacial score (nSPS) is 16.2. The maximum Gasteiger partial charge on any atom is 0.254 e. The smallest absolute Gasteiger partial charge is 0.254 e. The molecule has 1 fully saturated rings. The molecule has 0 bridgehead atoms. The van der Waals surface area contributed by atoms with Crippen LogP contribution in [0.5, 0.6) is 5.75 Å². The van der Waals surface area contributed by atoms with Gasteiger partial charge < -0.3 is 15.0 Å². The van der Waals surface area contributed by atoms with Gasteiger partial charge in [0, 0.05) is 29.7 Å². The van der Waals surface area contributed by atoms with Gasteiger partial charge in [0.15, 0.2) is 0 Å². The lowest BCUT2D eigenvalue weighted by atomic mass is 9.95. The molecule has 3 aromatic carbocycles. The minimum atomic E-state index is -0.216. The van der Waals surface area contributed by atoms with Crippen LogP contribution in [-0.4, -0.2) is 36.9 Å². The number of methoxy groups -OCH3 is 1. The monoisotopic (exact) mass is 416 g/mol. The number of carbonyl (C=O) groups excluding carboxylic acids is 2. The summed E-state index contributed by atoms with van der Waals surface area (Å²) < 4.78 is 5.45. The molecule has 0 radical (unpaired) electrons. The minimum Gasteiger partial charge on any atom is -0.496 e. The van der Waals surface area contributed by atoms with Crippen molar-refractivity contribution in [3.05, 3.63) is 71.8 Å². The fourth-order valence-electron chi connectivity index (χ4n) is 4.37. The zero-order valence-corrected chi connectivity index (χ0v) is 18.1. The van der Waals surface area contributed by atoms with Crippen LogP contribution < -0.4 is 10.1 Å². The molecule has 5 nitrogen and oxygen atoms in total. The second-order valence-corrected chi connectivity index (χ2v) is 7.95. The van der Waals surface area contributed by atoms with Crippen LogP contribution in [0.4, 0.5) is 5.69 Å². The first-order valence-electron chi connectivity index (χ1n) is 10.9. The second-order valence-electron chi connectivity index (χ2n) is 7.95.